The van der Waals surface area contributed by atoms with Gasteiger partial charge in [-0.3, -0.25) is 4.79 Å². The summed E-state index contributed by atoms with van der Waals surface area (Å²) in [6.45, 7) is 8.34. The Morgan fingerprint density at radius 1 is 1.25 bits per heavy atom. The molecule has 0 unspecified atom stereocenters. The minimum Gasteiger partial charge on any atom is -0.332 e. The Morgan fingerprint density at radius 3 is 2.50 bits per heavy atom. The van der Waals surface area contributed by atoms with Gasteiger partial charge in [-0.25, -0.2) is 0 Å². The summed E-state index contributed by atoms with van der Waals surface area (Å²) in [4.78, 5) is 15.0. The average Bonchev–Trinajstić information content (AvgIpc) is 2.29. The van der Waals surface area contributed by atoms with E-state index in [9.17, 15) is 4.79 Å². The number of hydrogen-bond acceptors (Lipinski definition) is 1. The van der Waals surface area contributed by atoms with Crippen LogP contribution < -0.4 is 4.90 Å². The predicted molar refractivity (Wildman–Crippen MR) is 64.4 cm³/mol. The summed E-state index contributed by atoms with van der Waals surface area (Å²) in [7, 11) is 0. The van der Waals surface area contributed by atoms with Crippen molar-refractivity contribution in [1.29, 1.82) is 0 Å². The molecule has 1 aliphatic heterocycles. The van der Waals surface area contributed by atoms with Gasteiger partial charge in [0, 0.05) is 13.3 Å². The van der Waals surface area contributed by atoms with Crippen molar-refractivity contribution >= 4 is 5.91 Å². The van der Waals surface area contributed by atoms with E-state index < -0.39 is 0 Å². The molecule has 0 radical (unpaired) electrons. The van der Waals surface area contributed by atoms with Gasteiger partial charge in [0.1, 0.15) is 0 Å². The molecule has 1 aliphatic carbocycles. The van der Waals surface area contributed by atoms with Crippen LogP contribution in [0.2, 0.25) is 0 Å². The molecule has 1 saturated heterocycles. The van der Waals surface area contributed by atoms with E-state index in [-0.39, 0.29) is 5.91 Å². The third kappa shape index (κ3) is 2.76. The van der Waals surface area contributed by atoms with E-state index in [1.165, 1.54) is 25.7 Å². The van der Waals surface area contributed by atoms with E-state index in [1.807, 2.05) is 4.90 Å². The number of carbonyl (C=O) groups is 1. The van der Waals surface area contributed by atoms with Gasteiger partial charge >= 0.3 is 0 Å². The summed E-state index contributed by atoms with van der Waals surface area (Å²) in [6.07, 6.45) is 5.63. The number of carbonyl (C=O) groups excluding carboxylic acids is 1. The number of nitrogens with one attached hydrogen (secondary N) is 1. The highest BCUT2D eigenvalue weighted by molar-refractivity contribution is 5.73. The first-order valence-electron chi connectivity index (χ1n) is 6.77. The zero-order chi connectivity index (χ0) is 11.5. The Balaban J connectivity index is 1.81. The molecule has 2 atom stereocenters. The Bertz CT molecular complexity index is 246. The van der Waals surface area contributed by atoms with Crippen LogP contribution in [0.25, 0.3) is 0 Å². The predicted octanol–water partition coefficient (Wildman–Crippen LogP) is 0.312. The SMILES string of the molecule is CC(=O)N1CC[NH+]([C@H]2CCC[C@@H](C)C2)CC1. The lowest BCUT2D eigenvalue weighted by molar-refractivity contribution is -0.930. The largest absolute Gasteiger partial charge is 0.332 e. The van der Waals surface area contributed by atoms with Crippen LogP contribution in [0.3, 0.4) is 0 Å². The summed E-state index contributed by atoms with van der Waals surface area (Å²) >= 11 is 0. The van der Waals surface area contributed by atoms with Crippen molar-refractivity contribution in [1.82, 2.24) is 4.90 Å². The molecule has 2 rings (SSSR count). The summed E-state index contributed by atoms with van der Waals surface area (Å²) in [5, 5.41) is 0. The third-order valence-electron chi connectivity index (χ3n) is 4.36. The maximum atomic E-state index is 11.3. The molecule has 3 heteroatoms. The smallest absolute Gasteiger partial charge is 0.219 e. The fourth-order valence-corrected chi connectivity index (χ4v) is 3.32. The summed E-state index contributed by atoms with van der Waals surface area (Å²) in [6, 6.07) is 0.873. The molecule has 0 aromatic carbocycles. The molecular weight excluding hydrogens is 200 g/mol. The van der Waals surface area contributed by atoms with Gasteiger partial charge in [-0.05, 0) is 18.8 Å². The van der Waals surface area contributed by atoms with Gasteiger partial charge in [0.05, 0.1) is 32.2 Å². The van der Waals surface area contributed by atoms with E-state index in [2.05, 4.69) is 6.92 Å². The number of rotatable bonds is 1. The van der Waals surface area contributed by atoms with Gasteiger partial charge in [-0.15, -0.1) is 0 Å². The van der Waals surface area contributed by atoms with Crippen molar-refractivity contribution in [3.8, 4) is 0 Å². The van der Waals surface area contributed by atoms with E-state index in [0.717, 1.165) is 38.1 Å². The number of amides is 1. The quantitative estimate of drug-likeness (QED) is 0.683. The molecule has 1 amide bonds. The molecule has 0 bridgehead atoms. The molecule has 0 aromatic heterocycles. The summed E-state index contributed by atoms with van der Waals surface area (Å²) in [5.74, 6) is 1.16. The topological polar surface area (TPSA) is 24.8 Å². The fourth-order valence-electron chi connectivity index (χ4n) is 3.32. The maximum Gasteiger partial charge on any atom is 0.219 e. The lowest BCUT2D eigenvalue weighted by Gasteiger charge is -2.39. The molecule has 16 heavy (non-hydrogen) atoms. The Labute approximate surface area is 98.8 Å². The molecule has 0 aromatic rings. The Morgan fingerprint density at radius 2 is 1.94 bits per heavy atom. The molecule has 92 valence electrons. The van der Waals surface area contributed by atoms with Crippen molar-refractivity contribution in [2.24, 2.45) is 5.92 Å². The van der Waals surface area contributed by atoms with Gasteiger partial charge in [0.25, 0.3) is 0 Å². The maximum absolute atomic E-state index is 11.3. The van der Waals surface area contributed by atoms with Crippen molar-refractivity contribution < 1.29 is 9.69 Å². The second-order valence-corrected chi connectivity index (χ2v) is 5.63. The third-order valence-corrected chi connectivity index (χ3v) is 4.36. The standard InChI is InChI=1S/C13H24N2O/c1-11-4-3-5-13(10-11)15-8-6-14(7-9-15)12(2)16/h11,13H,3-10H2,1-2H3/p+1/t11-,13+/m1/s1. The fraction of sp³-hybridized carbons (Fsp3) is 0.923. The lowest BCUT2D eigenvalue weighted by atomic mass is 9.86. The molecule has 3 nitrogen and oxygen atoms in total. The van der Waals surface area contributed by atoms with E-state index in [1.54, 1.807) is 11.8 Å². The number of quaternary nitrogens is 1. The molecular formula is C13H25N2O+. The number of hydrogen-bond donors (Lipinski definition) is 1. The molecule has 1 N–H and O–H groups in total. The number of piperazine rings is 1. The second-order valence-electron chi connectivity index (χ2n) is 5.63. The monoisotopic (exact) mass is 225 g/mol. The zero-order valence-corrected chi connectivity index (χ0v) is 10.7. The van der Waals surface area contributed by atoms with Crippen LogP contribution in [0.15, 0.2) is 0 Å². The first-order valence-corrected chi connectivity index (χ1v) is 6.77. The minimum absolute atomic E-state index is 0.246. The van der Waals surface area contributed by atoms with Gasteiger partial charge < -0.3 is 9.80 Å². The second kappa shape index (κ2) is 5.17. The van der Waals surface area contributed by atoms with Crippen molar-refractivity contribution in [2.45, 2.75) is 45.6 Å². The summed E-state index contributed by atoms with van der Waals surface area (Å²) in [5.41, 5.74) is 0. The first-order chi connectivity index (χ1) is 7.66. The van der Waals surface area contributed by atoms with Crippen molar-refractivity contribution in [3.05, 3.63) is 0 Å². The highest BCUT2D eigenvalue weighted by Gasteiger charge is 2.31. The van der Waals surface area contributed by atoms with Crippen LogP contribution in [-0.4, -0.2) is 43.0 Å². The van der Waals surface area contributed by atoms with E-state index in [4.69, 9.17) is 0 Å². The molecule has 1 heterocycles. The normalized spacial score (nSPS) is 32.8. The molecule has 1 saturated carbocycles. The highest BCUT2D eigenvalue weighted by Crippen LogP contribution is 2.22. The van der Waals surface area contributed by atoms with Gasteiger partial charge in [-0.2, -0.15) is 0 Å². The van der Waals surface area contributed by atoms with Crippen LogP contribution in [-0.2, 0) is 4.79 Å². The zero-order valence-electron chi connectivity index (χ0n) is 10.7. The average molecular weight is 225 g/mol. The first kappa shape index (κ1) is 11.9. The molecule has 2 fully saturated rings. The van der Waals surface area contributed by atoms with Crippen molar-refractivity contribution in [2.75, 3.05) is 26.2 Å². The van der Waals surface area contributed by atoms with Crippen LogP contribution in [0.4, 0.5) is 0 Å². The Kier molecular flexibility index (Phi) is 3.85. The minimum atomic E-state index is 0.246. The molecule has 0 spiro atoms. The van der Waals surface area contributed by atoms with Crippen LogP contribution in [0.5, 0.6) is 0 Å². The summed E-state index contributed by atoms with van der Waals surface area (Å²) < 4.78 is 0. The van der Waals surface area contributed by atoms with E-state index >= 15 is 0 Å². The Hall–Kier alpha value is -0.570. The molecule has 2 aliphatic rings. The van der Waals surface area contributed by atoms with Gasteiger partial charge in [0.2, 0.25) is 5.91 Å². The van der Waals surface area contributed by atoms with Gasteiger partial charge in [-0.1, -0.05) is 13.3 Å². The number of nitrogens with zero attached hydrogens (tertiary/aromatic N) is 1. The van der Waals surface area contributed by atoms with E-state index in [0.29, 0.717) is 0 Å². The highest BCUT2D eigenvalue weighted by atomic mass is 16.2. The van der Waals surface area contributed by atoms with Crippen LogP contribution in [0.1, 0.15) is 39.5 Å². The van der Waals surface area contributed by atoms with Crippen molar-refractivity contribution in [3.63, 3.8) is 0 Å². The van der Waals surface area contributed by atoms with Crippen LogP contribution in [0, 0.1) is 5.92 Å². The lowest BCUT2D eigenvalue weighted by Crippen LogP contribution is -3.18. The van der Waals surface area contributed by atoms with Gasteiger partial charge in [0.15, 0.2) is 0 Å². The van der Waals surface area contributed by atoms with Crippen LogP contribution >= 0.6 is 0 Å².